The van der Waals surface area contributed by atoms with Gasteiger partial charge in [0.2, 0.25) is 5.70 Å². The molecule has 0 aromatic carbocycles. The van der Waals surface area contributed by atoms with E-state index >= 15 is 0 Å². The molecule has 136 valence electrons. The Morgan fingerprint density at radius 2 is 1.50 bits per heavy atom. The molecule has 0 heterocycles. The van der Waals surface area contributed by atoms with Gasteiger partial charge < -0.3 is 4.79 Å². The third-order valence-corrected chi connectivity index (χ3v) is 3.80. The molecule has 0 aliphatic heterocycles. The van der Waals surface area contributed by atoms with Gasteiger partial charge in [-0.2, -0.15) is 0 Å². The van der Waals surface area contributed by atoms with Gasteiger partial charge in [-0.25, -0.2) is 0 Å². The number of aldehydes is 1. The molecule has 4 heteroatoms. The largest absolute Gasteiger partial charge is 0.303 e. The summed E-state index contributed by atoms with van der Waals surface area (Å²) in [5.41, 5.74) is 0.278. The summed E-state index contributed by atoms with van der Waals surface area (Å²) in [7, 11) is 0. The minimum Gasteiger partial charge on any atom is -0.303 e. The van der Waals surface area contributed by atoms with E-state index in [0.717, 1.165) is 51.2 Å². The van der Waals surface area contributed by atoms with Crippen LogP contribution in [0.1, 0.15) is 84.0 Å². The molecule has 0 saturated heterocycles. The van der Waals surface area contributed by atoms with E-state index in [2.05, 4.69) is 13.0 Å². The van der Waals surface area contributed by atoms with Crippen LogP contribution in [0.3, 0.4) is 0 Å². The van der Waals surface area contributed by atoms with Gasteiger partial charge in [0.25, 0.3) is 0 Å². The third kappa shape index (κ3) is 15.2. The average Bonchev–Trinajstić information content (AvgIpc) is 2.57. The summed E-state index contributed by atoms with van der Waals surface area (Å²) >= 11 is 0. The Bertz CT molecular complexity index is 411. The molecule has 0 atom stereocenters. The fraction of sp³-hybridized carbons (Fsp3) is 0.650. The molecule has 0 N–H and O–H groups in total. The molecular weight excluding hydrogens is 302 g/mol. The van der Waals surface area contributed by atoms with Crippen molar-refractivity contribution in [3.05, 3.63) is 46.2 Å². The fourth-order valence-electron chi connectivity index (χ4n) is 2.33. The van der Waals surface area contributed by atoms with Crippen LogP contribution in [0.15, 0.2) is 36.1 Å². The molecule has 0 saturated carbocycles. The van der Waals surface area contributed by atoms with Crippen LogP contribution in [-0.2, 0) is 4.79 Å². The molecule has 0 spiro atoms. The van der Waals surface area contributed by atoms with Gasteiger partial charge in [-0.05, 0) is 44.6 Å². The van der Waals surface area contributed by atoms with E-state index in [9.17, 15) is 14.9 Å². The van der Waals surface area contributed by atoms with Crippen molar-refractivity contribution in [3.63, 3.8) is 0 Å². The van der Waals surface area contributed by atoms with E-state index in [4.69, 9.17) is 0 Å². The molecule has 0 aliphatic carbocycles. The van der Waals surface area contributed by atoms with E-state index in [1.807, 2.05) is 18.2 Å². The molecule has 0 aromatic rings. The van der Waals surface area contributed by atoms with Crippen molar-refractivity contribution in [1.29, 1.82) is 0 Å². The summed E-state index contributed by atoms with van der Waals surface area (Å²) < 4.78 is 0. The molecule has 0 fully saturated rings. The van der Waals surface area contributed by atoms with Crippen LogP contribution in [0.5, 0.6) is 0 Å². The number of carbonyl (C=O) groups excluding carboxylic acids is 1. The predicted octanol–water partition coefficient (Wildman–Crippen LogP) is 6.16. The first-order valence-electron chi connectivity index (χ1n) is 9.29. The molecule has 4 nitrogen and oxygen atoms in total. The van der Waals surface area contributed by atoms with Crippen molar-refractivity contribution in [2.75, 3.05) is 0 Å². The van der Waals surface area contributed by atoms with Crippen LogP contribution < -0.4 is 0 Å². The number of hydrogen-bond acceptors (Lipinski definition) is 3. The molecule has 0 radical (unpaired) electrons. The lowest BCUT2D eigenvalue weighted by atomic mass is 10.1. The summed E-state index contributed by atoms with van der Waals surface area (Å²) in [6.45, 7) is 2.17. The van der Waals surface area contributed by atoms with E-state index < -0.39 is 0 Å². The highest BCUT2D eigenvalue weighted by molar-refractivity contribution is 5.48. The van der Waals surface area contributed by atoms with Crippen LogP contribution >= 0.6 is 0 Å². The minimum atomic E-state index is -0.280. The fourth-order valence-corrected chi connectivity index (χ4v) is 2.33. The summed E-state index contributed by atoms with van der Waals surface area (Å²) in [6.07, 6.45) is 22.3. The maximum Gasteiger partial charge on any atom is 0.246 e. The number of carbonyl (C=O) groups is 1. The van der Waals surface area contributed by atoms with Gasteiger partial charge in [-0.3, -0.25) is 10.1 Å². The lowest BCUT2D eigenvalue weighted by Gasteiger charge is -1.96. The van der Waals surface area contributed by atoms with Crippen molar-refractivity contribution in [3.8, 4) is 0 Å². The second-order valence-electron chi connectivity index (χ2n) is 5.99. The highest BCUT2D eigenvalue weighted by Gasteiger charge is 2.06. The Morgan fingerprint density at radius 1 is 0.875 bits per heavy atom. The van der Waals surface area contributed by atoms with Crippen LogP contribution in [0.25, 0.3) is 0 Å². The molecule has 24 heavy (non-hydrogen) atoms. The standard InChI is InChI=1S/C20H33NO3/c1-2-3-4-5-11-14-17-20(21(23)24)18-15-12-9-7-6-8-10-13-16-19-22/h9,11-12,14,18-19H,2-8,10,13,15-17H2,1H3/b12-9+,14-11+,20-18-. The first-order chi connectivity index (χ1) is 11.7. The normalized spacial score (nSPS) is 12.3. The summed E-state index contributed by atoms with van der Waals surface area (Å²) in [4.78, 5) is 20.9. The third-order valence-electron chi connectivity index (χ3n) is 3.80. The van der Waals surface area contributed by atoms with Gasteiger partial charge in [0.15, 0.2) is 0 Å². The van der Waals surface area contributed by atoms with Gasteiger partial charge in [0.05, 0.1) is 11.3 Å². The Morgan fingerprint density at radius 3 is 2.12 bits per heavy atom. The molecule has 0 aromatic heterocycles. The number of rotatable bonds is 16. The first-order valence-corrected chi connectivity index (χ1v) is 9.29. The van der Waals surface area contributed by atoms with Crippen molar-refractivity contribution in [1.82, 2.24) is 0 Å². The van der Waals surface area contributed by atoms with Crippen molar-refractivity contribution < 1.29 is 9.72 Å². The Kier molecular flexibility index (Phi) is 16.4. The smallest absolute Gasteiger partial charge is 0.246 e. The Balaban J connectivity index is 3.88. The summed E-state index contributed by atoms with van der Waals surface area (Å²) in [5, 5.41) is 11.0. The highest BCUT2D eigenvalue weighted by Crippen LogP contribution is 2.09. The van der Waals surface area contributed by atoms with Gasteiger partial charge in [0.1, 0.15) is 6.29 Å². The molecular formula is C20H33NO3. The maximum atomic E-state index is 11.0. The quantitative estimate of drug-likeness (QED) is 0.112. The van der Waals surface area contributed by atoms with E-state index in [0.29, 0.717) is 19.3 Å². The van der Waals surface area contributed by atoms with Gasteiger partial charge in [-0.1, -0.05) is 56.9 Å². The minimum absolute atomic E-state index is 0.278. The van der Waals surface area contributed by atoms with Crippen molar-refractivity contribution in [2.45, 2.75) is 84.0 Å². The zero-order valence-corrected chi connectivity index (χ0v) is 15.1. The monoisotopic (exact) mass is 335 g/mol. The molecule has 0 bridgehead atoms. The van der Waals surface area contributed by atoms with E-state index in [1.165, 1.54) is 12.8 Å². The predicted molar refractivity (Wildman–Crippen MR) is 100 cm³/mol. The number of allylic oxidation sites excluding steroid dienone is 5. The summed E-state index contributed by atoms with van der Waals surface area (Å²) in [6, 6.07) is 0. The summed E-state index contributed by atoms with van der Waals surface area (Å²) in [5.74, 6) is 0. The second-order valence-corrected chi connectivity index (χ2v) is 5.99. The van der Waals surface area contributed by atoms with Crippen LogP contribution in [0.4, 0.5) is 0 Å². The average molecular weight is 335 g/mol. The number of nitrogens with zero attached hydrogens (tertiary/aromatic N) is 1. The Hall–Kier alpha value is -1.71. The van der Waals surface area contributed by atoms with E-state index in [1.54, 1.807) is 6.08 Å². The first kappa shape index (κ1) is 22.3. The molecule has 0 aliphatic rings. The topological polar surface area (TPSA) is 60.2 Å². The number of hydrogen-bond donors (Lipinski definition) is 0. The second kappa shape index (κ2) is 17.6. The lowest BCUT2D eigenvalue weighted by Crippen LogP contribution is -1.97. The van der Waals surface area contributed by atoms with Crippen molar-refractivity contribution in [2.24, 2.45) is 0 Å². The van der Waals surface area contributed by atoms with Gasteiger partial charge in [-0.15, -0.1) is 0 Å². The SMILES string of the molecule is CCCCC/C=C/C/C(=C/C/C=C/CCCCCCC=O)[N+](=O)[O-]. The van der Waals surface area contributed by atoms with E-state index in [-0.39, 0.29) is 10.6 Å². The van der Waals surface area contributed by atoms with Gasteiger partial charge >= 0.3 is 0 Å². The molecule has 0 amide bonds. The number of unbranched alkanes of at least 4 members (excludes halogenated alkanes) is 8. The van der Waals surface area contributed by atoms with Crippen LogP contribution in [-0.4, -0.2) is 11.2 Å². The van der Waals surface area contributed by atoms with Crippen LogP contribution in [0, 0.1) is 10.1 Å². The van der Waals surface area contributed by atoms with Crippen LogP contribution in [0.2, 0.25) is 0 Å². The van der Waals surface area contributed by atoms with Gasteiger partial charge in [0, 0.05) is 6.42 Å². The Labute approximate surface area is 146 Å². The lowest BCUT2D eigenvalue weighted by molar-refractivity contribution is -0.427. The zero-order valence-electron chi connectivity index (χ0n) is 15.1. The maximum absolute atomic E-state index is 11.0. The zero-order chi connectivity index (χ0) is 17.9. The highest BCUT2D eigenvalue weighted by atomic mass is 16.6. The van der Waals surface area contributed by atoms with Crippen molar-refractivity contribution >= 4 is 6.29 Å². The molecule has 0 unspecified atom stereocenters. The molecule has 0 rings (SSSR count). The number of nitro groups is 1.